The van der Waals surface area contributed by atoms with Gasteiger partial charge in [-0.2, -0.15) is 0 Å². The van der Waals surface area contributed by atoms with E-state index in [4.69, 9.17) is 14.2 Å². The molecular weight excluding hydrogens is 991 g/mol. The minimum atomic E-state index is -1.61. The van der Waals surface area contributed by atoms with Gasteiger partial charge in [0, 0.05) is 6.42 Å². The highest BCUT2D eigenvalue weighted by Gasteiger charge is 2.47. The summed E-state index contributed by atoms with van der Waals surface area (Å²) in [6, 6.07) is -1.02. The van der Waals surface area contributed by atoms with Crippen molar-refractivity contribution in [2.45, 2.75) is 359 Å². The number of aliphatic hydroxyl groups excluding tert-OH is 5. The SMILES string of the molecule is CCCCC/C=C\C/C=C\CCCCCCCCCCCCCCC(O)C(=O)NC(COC1OC(CO)C(O)C(O)C1OC(=O)CCCCCCCCC/C=C\CCCCCC)C(O)/C=C/CCCCCCCCCCCCC. The van der Waals surface area contributed by atoms with Crippen LogP contribution < -0.4 is 5.32 Å². The molecule has 11 heteroatoms. The van der Waals surface area contributed by atoms with Crippen molar-refractivity contribution >= 4 is 11.9 Å². The number of allylic oxidation sites excluding steroid dienone is 7. The molecule has 1 heterocycles. The maximum atomic E-state index is 13.5. The quantitative estimate of drug-likeness (QED) is 0.0195. The highest BCUT2D eigenvalue weighted by Crippen LogP contribution is 2.26. The Kier molecular flexibility index (Phi) is 53.0. The smallest absolute Gasteiger partial charge is 0.306 e. The van der Waals surface area contributed by atoms with Gasteiger partial charge < -0.3 is 45.1 Å². The fourth-order valence-electron chi connectivity index (χ4n) is 10.4. The van der Waals surface area contributed by atoms with Crippen LogP contribution in [-0.2, 0) is 23.8 Å². The third kappa shape index (κ3) is 43.9. The van der Waals surface area contributed by atoms with Crippen molar-refractivity contribution in [3.8, 4) is 0 Å². The molecule has 6 N–H and O–H groups in total. The van der Waals surface area contributed by atoms with Crippen LogP contribution >= 0.6 is 0 Å². The van der Waals surface area contributed by atoms with E-state index in [-0.39, 0.29) is 13.0 Å². The predicted octanol–water partition coefficient (Wildman–Crippen LogP) is 16.4. The number of hydrogen-bond donors (Lipinski definition) is 6. The van der Waals surface area contributed by atoms with Crippen LogP contribution in [-0.4, -0.2) is 99.6 Å². The molecule has 0 bridgehead atoms. The molecule has 1 rings (SSSR count). The second-order valence-corrected chi connectivity index (χ2v) is 23.2. The number of carbonyl (C=O) groups is 2. The van der Waals surface area contributed by atoms with E-state index in [1.54, 1.807) is 6.08 Å². The van der Waals surface area contributed by atoms with E-state index < -0.39 is 67.4 Å². The van der Waals surface area contributed by atoms with Crippen molar-refractivity contribution in [2.75, 3.05) is 13.2 Å². The number of carbonyl (C=O) groups excluding carboxylic acids is 2. The van der Waals surface area contributed by atoms with Gasteiger partial charge in [0.15, 0.2) is 12.4 Å². The molecule has 0 aromatic carbocycles. The molecule has 1 aliphatic rings. The van der Waals surface area contributed by atoms with Gasteiger partial charge in [-0.3, -0.25) is 9.59 Å². The van der Waals surface area contributed by atoms with E-state index in [1.165, 1.54) is 186 Å². The lowest BCUT2D eigenvalue weighted by atomic mass is 9.99. The van der Waals surface area contributed by atoms with Crippen molar-refractivity contribution in [1.29, 1.82) is 0 Å². The van der Waals surface area contributed by atoms with Crippen molar-refractivity contribution in [3.05, 3.63) is 48.6 Å². The molecule has 1 saturated heterocycles. The Morgan fingerprint density at radius 3 is 1.34 bits per heavy atom. The van der Waals surface area contributed by atoms with Crippen LogP contribution in [0, 0.1) is 0 Å². The molecule has 8 unspecified atom stereocenters. The standard InChI is InChI=1S/C68H125NO10/c1-4-7-10-13-16-19-22-25-27-28-29-30-31-32-33-35-37-40-43-46-49-52-55-61(72)67(76)69-59(60(71)54-51-48-45-42-39-36-24-21-18-15-12-9-6-3)58-77-68-66(65(75)64(74)62(57-70)78-68)79-63(73)56-53-50-47-44-41-38-34-26-23-20-17-14-11-8-5-2/h16,19-20,23,25,27,51,54,59-62,64-66,68,70-72,74-75H,4-15,17-18,21-22,24,26,28-50,52-53,55-58H2,1-3H3,(H,69,76)/b19-16-,23-20-,27-25-,54-51+. The lowest BCUT2D eigenvalue weighted by Gasteiger charge is -2.41. The van der Waals surface area contributed by atoms with Gasteiger partial charge in [0.05, 0.1) is 25.4 Å². The summed E-state index contributed by atoms with van der Waals surface area (Å²) in [6.07, 6.45) is 58.6. The van der Waals surface area contributed by atoms with Crippen LogP contribution in [0.25, 0.3) is 0 Å². The maximum absolute atomic E-state index is 13.5. The molecule has 0 aliphatic carbocycles. The molecule has 1 fully saturated rings. The number of nitrogens with one attached hydrogen (secondary N) is 1. The summed E-state index contributed by atoms with van der Waals surface area (Å²) in [5, 5.41) is 57.1. The topological polar surface area (TPSA) is 175 Å². The monoisotopic (exact) mass is 1120 g/mol. The summed E-state index contributed by atoms with van der Waals surface area (Å²) in [5.74, 6) is -1.19. The Hall–Kier alpha value is -2.38. The van der Waals surface area contributed by atoms with Gasteiger partial charge >= 0.3 is 5.97 Å². The molecular formula is C68H125NO10. The summed E-state index contributed by atoms with van der Waals surface area (Å²) in [7, 11) is 0. The van der Waals surface area contributed by atoms with Crippen LogP contribution in [0.1, 0.15) is 310 Å². The molecule has 0 aromatic heterocycles. The van der Waals surface area contributed by atoms with Gasteiger partial charge in [0.2, 0.25) is 5.91 Å². The Labute approximate surface area is 485 Å². The summed E-state index contributed by atoms with van der Waals surface area (Å²) in [5.41, 5.74) is 0. The summed E-state index contributed by atoms with van der Waals surface area (Å²) in [6.45, 7) is 5.78. The fourth-order valence-corrected chi connectivity index (χ4v) is 10.4. The van der Waals surface area contributed by atoms with Crippen LogP contribution in [0.2, 0.25) is 0 Å². The van der Waals surface area contributed by atoms with Crippen molar-refractivity contribution in [3.63, 3.8) is 0 Å². The molecule has 0 aromatic rings. The van der Waals surface area contributed by atoms with Crippen LogP contribution in [0.3, 0.4) is 0 Å². The number of hydrogen-bond acceptors (Lipinski definition) is 10. The van der Waals surface area contributed by atoms with E-state index in [1.807, 2.05) is 6.08 Å². The minimum absolute atomic E-state index is 0.120. The average molecular weight is 1120 g/mol. The first-order chi connectivity index (χ1) is 38.7. The van der Waals surface area contributed by atoms with E-state index in [0.29, 0.717) is 19.3 Å². The van der Waals surface area contributed by atoms with Gasteiger partial charge in [0.25, 0.3) is 0 Å². The Balaban J connectivity index is 2.63. The zero-order valence-electron chi connectivity index (χ0n) is 51.2. The number of aliphatic hydroxyl groups is 5. The Morgan fingerprint density at radius 1 is 0.494 bits per heavy atom. The molecule has 1 amide bonds. The third-order valence-corrected chi connectivity index (χ3v) is 15.7. The molecule has 11 nitrogen and oxygen atoms in total. The van der Waals surface area contributed by atoms with Gasteiger partial charge in [0.1, 0.15) is 24.4 Å². The number of ether oxygens (including phenoxy) is 3. The lowest BCUT2D eigenvalue weighted by molar-refractivity contribution is -0.305. The molecule has 0 saturated carbocycles. The second kappa shape index (κ2) is 56.1. The van der Waals surface area contributed by atoms with Gasteiger partial charge in [-0.25, -0.2) is 0 Å². The van der Waals surface area contributed by atoms with Crippen LogP contribution in [0.4, 0.5) is 0 Å². The molecule has 462 valence electrons. The largest absolute Gasteiger partial charge is 0.454 e. The summed E-state index contributed by atoms with van der Waals surface area (Å²) < 4.78 is 17.7. The Bertz CT molecular complexity index is 1470. The highest BCUT2D eigenvalue weighted by atomic mass is 16.7. The van der Waals surface area contributed by atoms with E-state index in [2.05, 4.69) is 62.5 Å². The second-order valence-electron chi connectivity index (χ2n) is 23.2. The van der Waals surface area contributed by atoms with E-state index >= 15 is 0 Å². The lowest BCUT2D eigenvalue weighted by Crippen LogP contribution is -2.61. The summed E-state index contributed by atoms with van der Waals surface area (Å²) in [4.78, 5) is 26.6. The number of unbranched alkanes of at least 4 members (excludes halogenated alkanes) is 37. The van der Waals surface area contributed by atoms with Crippen molar-refractivity contribution in [2.24, 2.45) is 0 Å². The zero-order valence-corrected chi connectivity index (χ0v) is 51.2. The Morgan fingerprint density at radius 2 is 0.873 bits per heavy atom. The molecule has 1 aliphatic heterocycles. The zero-order chi connectivity index (χ0) is 57.5. The van der Waals surface area contributed by atoms with Crippen molar-refractivity contribution < 1.29 is 49.3 Å². The number of esters is 1. The van der Waals surface area contributed by atoms with Crippen LogP contribution in [0.15, 0.2) is 48.6 Å². The normalized spacial score (nSPS) is 19.1. The van der Waals surface area contributed by atoms with Crippen LogP contribution in [0.5, 0.6) is 0 Å². The van der Waals surface area contributed by atoms with E-state index in [0.717, 1.165) is 77.0 Å². The number of amides is 1. The first-order valence-electron chi connectivity index (χ1n) is 33.4. The highest BCUT2D eigenvalue weighted by molar-refractivity contribution is 5.80. The molecule has 0 radical (unpaired) electrons. The first-order valence-corrected chi connectivity index (χ1v) is 33.4. The average Bonchev–Trinajstić information content (AvgIpc) is 3.49. The van der Waals surface area contributed by atoms with E-state index in [9.17, 15) is 35.1 Å². The van der Waals surface area contributed by atoms with Gasteiger partial charge in [-0.1, -0.05) is 268 Å². The van der Waals surface area contributed by atoms with Gasteiger partial charge in [-0.05, 0) is 83.5 Å². The van der Waals surface area contributed by atoms with Gasteiger partial charge in [-0.15, -0.1) is 0 Å². The van der Waals surface area contributed by atoms with Crippen molar-refractivity contribution in [1.82, 2.24) is 5.32 Å². The fraction of sp³-hybridized carbons (Fsp3) is 0.853. The minimum Gasteiger partial charge on any atom is -0.454 e. The maximum Gasteiger partial charge on any atom is 0.306 e. The summed E-state index contributed by atoms with van der Waals surface area (Å²) >= 11 is 0. The predicted molar refractivity (Wildman–Crippen MR) is 329 cm³/mol. The molecule has 0 spiro atoms. The molecule has 79 heavy (non-hydrogen) atoms. The third-order valence-electron chi connectivity index (χ3n) is 15.7. The molecule has 8 atom stereocenters. The number of rotatable bonds is 57. The first kappa shape index (κ1) is 74.6.